The van der Waals surface area contributed by atoms with Gasteiger partial charge in [0.1, 0.15) is 11.3 Å². The molecule has 0 saturated heterocycles. The maximum Gasteiger partial charge on any atom is 0.339 e. The van der Waals surface area contributed by atoms with Crippen LogP contribution in [0.5, 0.6) is 17.2 Å². The molecule has 192 valence electrons. The number of carbonyl (C=O) groups is 1. The number of hydrogen-bond donors (Lipinski definition) is 1. The molecule has 2 aliphatic rings. The largest absolute Gasteiger partial charge is 0.496 e. The van der Waals surface area contributed by atoms with Crippen LogP contribution < -0.4 is 13.7 Å². The molecule has 36 heavy (non-hydrogen) atoms. The minimum absolute atomic E-state index is 0.0244. The Hall–Kier alpha value is -3.36. The molecule has 2 aromatic rings. The SMILES string of the molecule is C=C/C=C(\C=C)S(=O)Oc1c(OC)ccc2c1CN1CCc3cc(OC)c(C(=O)O)cc3C1C2.CC. The van der Waals surface area contributed by atoms with E-state index in [4.69, 9.17) is 13.7 Å². The lowest BCUT2D eigenvalue weighted by Crippen LogP contribution is -2.39. The number of nitrogens with zero attached hydrogens (tertiary/aromatic N) is 1. The van der Waals surface area contributed by atoms with Crippen LogP contribution in [0.2, 0.25) is 0 Å². The Morgan fingerprint density at radius 1 is 1.14 bits per heavy atom. The molecule has 0 saturated carbocycles. The maximum absolute atomic E-state index is 12.9. The van der Waals surface area contributed by atoms with Gasteiger partial charge in [0.15, 0.2) is 11.5 Å². The minimum Gasteiger partial charge on any atom is -0.496 e. The van der Waals surface area contributed by atoms with Crippen LogP contribution in [0.1, 0.15) is 52.5 Å². The zero-order valence-corrected chi connectivity index (χ0v) is 22.0. The Morgan fingerprint density at radius 3 is 2.47 bits per heavy atom. The fourth-order valence-electron chi connectivity index (χ4n) is 4.65. The van der Waals surface area contributed by atoms with Crippen LogP contribution in [0.25, 0.3) is 0 Å². The molecule has 0 fully saturated rings. The van der Waals surface area contributed by atoms with Crippen LogP contribution in [-0.4, -0.2) is 40.9 Å². The van der Waals surface area contributed by atoms with E-state index in [0.717, 1.165) is 35.2 Å². The molecular formula is C28H33NO6S. The van der Waals surface area contributed by atoms with Gasteiger partial charge in [-0.3, -0.25) is 4.90 Å². The first-order valence-corrected chi connectivity index (χ1v) is 12.9. The van der Waals surface area contributed by atoms with Crippen LogP contribution in [0, 0.1) is 0 Å². The van der Waals surface area contributed by atoms with Crippen molar-refractivity contribution in [3.05, 3.63) is 88.4 Å². The number of carboxylic acids is 1. The maximum atomic E-state index is 12.9. The van der Waals surface area contributed by atoms with E-state index in [1.165, 1.54) is 19.3 Å². The van der Waals surface area contributed by atoms with Crippen LogP contribution in [-0.2, 0) is 30.5 Å². The molecule has 0 spiro atoms. The van der Waals surface area contributed by atoms with Crippen molar-refractivity contribution in [1.29, 1.82) is 0 Å². The molecule has 0 aliphatic carbocycles. The molecule has 1 N–H and O–H groups in total. The molecule has 0 aromatic heterocycles. The van der Waals surface area contributed by atoms with E-state index in [-0.39, 0.29) is 11.6 Å². The summed E-state index contributed by atoms with van der Waals surface area (Å²) >= 11 is -1.78. The van der Waals surface area contributed by atoms with Crippen molar-refractivity contribution in [3.8, 4) is 17.2 Å². The van der Waals surface area contributed by atoms with Crippen LogP contribution >= 0.6 is 0 Å². The molecule has 8 heteroatoms. The highest BCUT2D eigenvalue weighted by Gasteiger charge is 2.35. The summed E-state index contributed by atoms with van der Waals surface area (Å²) in [5.74, 6) is 0.314. The second-order valence-electron chi connectivity index (χ2n) is 8.06. The molecule has 0 bridgehead atoms. The number of aromatic carboxylic acids is 1. The summed E-state index contributed by atoms with van der Waals surface area (Å²) < 4.78 is 29.6. The second kappa shape index (κ2) is 12.1. The van der Waals surface area contributed by atoms with Crippen LogP contribution in [0.3, 0.4) is 0 Å². The monoisotopic (exact) mass is 511 g/mol. The third-order valence-electron chi connectivity index (χ3n) is 6.31. The fraction of sp³-hybridized carbons (Fsp3) is 0.321. The number of fused-ring (bicyclic) bond motifs is 4. The van der Waals surface area contributed by atoms with Gasteiger partial charge in [0.25, 0.3) is 0 Å². The molecular weight excluding hydrogens is 478 g/mol. The topological polar surface area (TPSA) is 85.3 Å². The Morgan fingerprint density at radius 2 is 1.86 bits per heavy atom. The smallest absolute Gasteiger partial charge is 0.339 e. The number of rotatable bonds is 8. The van der Waals surface area contributed by atoms with E-state index in [0.29, 0.717) is 35.1 Å². The first-order chi connectivity index (χ1) is 17.4. The van der Waals surface area contributed by atoms with E-state index >= 15 is 0 Å². The zero-order chi connectivity index (χ0) is 26.4. The quantitative estimate of drug-likeness (QED) is 0.476. The van der Waals surface area contributed by atoms with E-state index < -0.39 is 17.0 Å². The number of carboxylic acid groups (broad SMARTS) is 1. The highest BCUT2D eigenvalue weighted by atomic mass is 32.2. The van der Waals surface area contributed by atoms with Crippen molar-refractivity contribution in [2.75, 3.05) is 20.8 Å². The Labute approximate surface area is 215 Å². The lowest BCUT2D eigenvalue weighted by atomic mass is 9.83. The van der Waals surface area contributed by atoms with E-state index in [2.05, 4.69) is 18.1 Å². The van der Waals surface area contributed by atoms with Gasteiger partial charge in [-0.25, -0.2) is 9.00 Å². The predicted octanol–water partition coefficient (Wildman–Crippen LogP) is 5.38. The number of benzene rings is 2. The Balaban J connectivity index is 0.00000176. The lowest BCUT2D eigenvalue weighted by Gasteiger charge is -2.42. The number of methoxy groups -OCH3 is 2. The first-order valence-electron chi connectivity index (χ1n) is 11.8. The highest BCUT2D eigenvalue weighted by molar-refractivity contribution is 7.84. The molecule has 2 atom stereocenters. The van der Waals surface area contributed by atoms with E-state index in [1.54, 1.807) is 19.3 Å². The summed E-state index contributed by atoms with van der Waals surface area (Å²) in [7, 11) is 3.04. The highest BCUT2D eigenvalue weighted by Crippen LogP contribution is 2.45. The number of hydrogen-bond acceptors (Lipinski definition) is 6. The lowest BCUT2D eigenvalue weighted by molar-refractivity contribution is 0.0692. The molecule has 2 aliphatic heterocycles. The van der Waals surface area contributed by atoms with E-state index in [9.17, 15) is 14.1 Å². The molecule has 0 amide bonds. The van der Waals surface area contributed by atoms with Gasteiger partial charge in [-0.15, -0.1) is 0 Å². The number of allylic oxidation sites excluding steroid dienone is 3. The average Bonchev–Trinajstić information content (AvgIpc) is 2.90. The van der Waals surface area contributed by atoms with Gasteiger partial charge in [-0.05, 0) is 59.9 Å². The first kappa shape index (κ1) is 27.2. The van der Waals surface area contributed by atoms with Crippen LogP contribution in [0.4, 0.5) is 0 Å². The average molecular weight is 512 g/mol. The predicted molar refractivity (Wildman–Crippen MR) is 142 cm³/mol. The van der Waals surface area contributed by atoms with Gasteiger partial charge in [0.05, 0.1) is 19.1 Å². The van der Waals surface area contributed by atoms with E-state index in [1.807, 2.05) is 32.0 Å². The summed E-state index contributed by atoms with van der Waals surface area (Å²) in [6.45, 7) is 12.7. The zero-order valence-electron chi connectivity index (χ0n) is 21.2. The number of ether oxygens (including phenoxy) is 2. The summed E-state index contributed by atoms with van der Waals surface area (Å²) in [6.07, 6.45) is 6.04. The summed E-state index contributed by atoms with van der Waals surface area (Å²) in [6, 6.07) is 7.42. The third kappa shape index (κ3) is 5.24. The van der Waals surface area contributed by atoms with Crippen molar-refractivity contribution < 1.29 is 27.8 Å². The minimum atomic E-state index is -1.78. The molecule has 2 unspecified atom stereocenters. The summed E-state index contributed by atoms with van der Waals surface area (Å²) in [5.41, 5.74) is 4.22. The van der Waals surface area contributed by atoms with Crippen LogP contribution in [0.15, 0.2) is 60.6 Å². The second-order valence-corrected chi connectivity index (χ2v) is 9.17. The molecule has 7 nitrogen and oxygen atoms in total. The molecule has 2 aromatic carbocycles. The van der Waals surface area contributed by atoms with Crippen molar-refractivity contribution >= 4 is 17.0 Å². The molecule has 2 heterocycles. The normalized spacial score (nSPS) is 17.2. The molecule has 0 radical (unpaired) electrons. The van der Waals surface area contributed by atoms with Crippen molar-refractivity contribution in [2.24, 2.45) is 0 Å². The summed E-state index contributed by atoms with van der Waals surface area (Å²) in [5, 5.41) is 9.66. The molecule has 4 rings (SSSR count). The van der Waals surface area contributed by atoms with Crippen molar-refractivity contribution in [3.63, 3.8) is 0 Å². The fourth-order valence-corrected chi connectivity index (χ4v) is 5.43. The van der Waals surface area contributed by atoms with Gasteiger partial charge in [0.2, 0.25) is 11.1 Å². The van der Waals surface area contributed by atoms with Gasteiger partial charge >= 0.3 is 5.97 Å². The Bertz CT molecular complexity index is 1220. The van der Waals surface area contributed by atoms with Crippen molar-refractivity contribution in [2.45, 2.75) is 39.3 Å². The van der Waals surface area contributed by atoms with Gasteiger partial charge in [-0.1, -0.05) is 39.1 Å². The summed E-state index contributed by atoms with van der Waals surface area (Å²) in [4.78, 5) is 14.5. The van der Waals surface area contributed by atoms with Gasteiger partial charge < -0.3 is 18.8 Å². The Kier molecular flexibility index (Phi) is 9.12. The standard InChI is InChI=1S/C26H27NO6S.C2H6/c1-5-7-18(6-2)34(30)33-25-21-15-27-11-10-17-13-24(32-4)20(26(28)29)14-19(17)22(27)12-16(21)8-9-23(25)31-3;1-2/h5-9,13-14,22H,1-2,10-12,15H2,3-4H3,(H,28,29);1-2H3/b18-7+;. The van der Waals surface area contributed by atoms with Gasteiger partial charge in [-0.2, -0.15) is 0 Å². The van der Waals surface area contributed by atoms with Crippen molar-refractivity contribution in [1.82, 2.24) is 4.90 Å². The van der Waals surface area contributed by atoms with Gasteiger partial charge in [0, 0.05) is 24.7 Å². The third-order valence-corrected chi connectivity index (χ3v) is 7.32.